The van der Waals surface area contributed by atoms with Gasteiger partial charge in [-0.2, -0.15) is 0 Å². The summed E-state index contributed by atoms with van der Waals surface area (Å²) in [5.74, 6) is 3.20. The minimum atomic E-state index is -0.00263. The molecule has 3 heteroatoms. The summed E-state index contributed by atoms with van der Waals surface area (Å²) in [6.07, 6.45) is 9.60. The van der Waals surface area contributed by atoms with Gasteiger partial charge < -0.3 is 10.4 Å². The van der Waals surface area contributed by atoms with Crippen LogP contribution in [-0.4, -0.2) is 24.2 Å². The molecule has 0 aromatic carbocycles. The molecule has 1 atom stereocenters. The van der Waals surface area contributed by atoms with Crippen molar-refractivity contribution in [2.75, 3.05) is 13.2 Å². The van der Waals surface area contributed by atoms with Gasteiger partial charge in [-0.05, 0) is 75.0 Å². The summed E-state index contributed by atoms with van der Waals surface area (Å²) in [5.41, 5.74) is -0.00263. The molecule has 114 valence electrons. The molecule has 4 saturated carbocycles. The molecule has 3 nitrogen and oxygen atoms in total. The fourth-order valence-corrected chi connectivity index (χ4v) is 5.32. The van der Waals surface area contributed by atoms with Gasteiger partial charge in [0.25, 0.3) is 0 Å². The van der Waals surface area contributed by atoms with Crippen LogP contribution in [0.25, 0.3) is 0 Å². The first-order valence-corrected chi connectivity index (χ1v) is 8.50. The smallest absolute Gasteiger partial charge is 0.226 e. The van der Waals surface area contributed by atoms with Gasteiger partial charge in [0.15, 0.2) is 0 Å². The lowest BCUT2D eigenvalue weighted by molar-refractivity contribution is -0.146. The lowest BCUT2D eigenvalue weighted by Crippen LogP contribution is -2.53. The third kappa shape index (κ3) is 2.74. The highest BCUT2D eigenvalue weighted by Crippen LogP contribution is 2.60. The molecule has 0 spiro atoms. The number of rotatable bonds is 6. The fourth-order valence-electron chi connectivity index (χ4n) is 5.32. The number of carbonyl (C=O) groups is 1. The highest BCUT2D eigenvalue weighted by Gasteiger charge is 2.54. The average Bonchev–Trinajstić information content (AvgIpc) is 2.41. The molecule has 4 aliphatic rings. The Morgan fingerprint density at radius 3 is 2.25 bits per heavy atom. The molecule has 4 fully saturated rings. The molecule has 4 rings (SSSR count). The molecule has 0 aromatic rings. The van der Waals surface area contributed by atoms with Crippen LogP contribution in [0.5, 0.6) is 0 Å². The SMILES string of the molecule is CC(CO)CCCNC(=O)C12CC3CC(CC(C3)C1)C2. The maximum Gasteiger partial charge on any atom is 0.226 e. The molecule has 0 heterocycles. The third-order valence-corrected chi connectivity index (χ3v) is 5.99. The monoisotopic (exact) mass is 279 g/mol. The van der Waals surface area contributed by atoms with Crippen LogP contribution in [0, 0.1) is 29.1 Å². The first kappa shape index (κ1) is 14.4. The fraction of sp³-hybridized carbons (Fsp3) is 0.941. The van der Waals surface area contributed by atoms with E-state index < -0.39 is 0 Å². The third-order valence-electron chi connectivity index (χ3n) is 5.99. The second kappa shape index (κ2) is 5.67. The van der Waals surface area contributed by atoms with Crippen molar-refractivity contribution in [3.05, 3.63) is 0 Å². The number of aliphatic hydroxyl groups is 1. The van der Waals surface area contributed by atoms with Crippen molar-refractivity contribution in [1.29, 1.82) is 0 Å². The molecule has 20 heavy (non-hydrogen) atoms. The lowest BCUT2D eigenvalue weighted by Gasteiger charge is -2.55. The van der Waals surface area contributed by atoms with Crippen molar-refractivity contribution in [2.24, 2.45) is 29.1 Å². The number of hydrogen-bond acceptors (Lipinski definition) is 2. The number of carbonyl (C=O) groups excluding carboxylic acids is 1. The van der Waals surface area contributed by atoms with E-state index in [0.29, 0.717) is 11.8 Å². The predicted octanol–water partition coefficient (Wildman–Crippen LogP) is 2.73. The summed E-state index contributed by atoms with van der Waals surface area (Å²) >= 11 is 0. The summed E-state index contributed by atoms with van der Waals surface area (Å²) in [7, 11) is 0. The Bertz CT molecular complexity index is 331. The van der Waals surface area contributed by atoms with E-state index >= 15 is 0 Å². The van der Waals surface area contributed by atoms with E-state index in [1.165, 1.54) is 19.3 Å². The summed E-state index contributed by atoms with van der Waals surface area (Å²) in [6.45, 7) is 3.09. The second-order valence-electron chi connectivity index (χ2n) is 7.88. The van der Waals surface area contributed by atoms with Crippen LogP contribution < -0.4 is 5.32 Å². The van der Waals surface area contributed by atoms with Gasteiger partial charge in [0, 0.05) is 18.6 Å². The Labute approximate surface area is 122 Å². The maximum atomic E-state index is 12.7. The molecule has 1 unspecified atom stereocenters. The summed E-state index contributed by atoms with van der Waals surface area (Å²) in [6, 6.07) is 0. The molecular formula is C17H29NO2. The molecule has 0 aromatic heterocycles. The van der Waals surface area contributed by atoms with Crippen LogP contribution in [0.4, 0.5) is 0 Å². The predicted molar refractivity (Wildman–Crippen MR) is 79.1 cm³/mol. The molecule has 0 saturated heterocycles. The van der Waals surface area contributed by atoms with Crippen molar-refractivity contribution in [1.82, 2.24) is 5.32 Å². The van der Waals surface area contributed by atoms with Crippen molar-refractivity contribution in [2.45, 2.75) is 58.3 Å². The van der Waals surface area contributed by atoms with Gasteiger partial charge in [-0.3, -0.25) is 4.79 Å². The second-order valence-corrected chi connectivity index (χ2v) is 7.88. The zero-order valence-corrected chi connectivity index (χ0v) is 12.7. The number of aliphatic hydroxyl groups excluding tert-OH is 1. The Morgan fingerprint density at radius 2 is 1.75 bits per heavy atom. The van der Waals surface area contributed by atoms with Crippen LogP contribution in [0.2, 0.25) is 0 Å². The van der Waals surface area contributed by atoms with E-state index in [2.05, 4.69) is 12.2 Å². The van der Waals surface area contributed by atoms with Crippen molar-refractivity contribution < 1.29 is 9.90 Å². The highest BCUT2D eigenvalue weighted by molar-refractivity contribution is 5.83. The van der Waals surface area contributed by atoms with Gasteiger partial charge in [0.05, 0.1) is 0 Å². The van der Waals surface area contributed by atoms with Gasteiger partial charge >= 0.3 is 0 Å². The number of amides is 1. The molecule has 0 radical (unpaired) electrons. The van der Waals surface area contributed by atoms with Crippen LogP contribution in [-0.2, 0) is 4.79 Å². The zero-order chi connectivity index (χ0) is 14.2. The summed E-state index contributed by atoms with van der Waals surface area (Å²) in [5, 5.41) is 12.2. The zero-order valence-electron chi connectivity index (χ0n) is 12.7. The van der Waals surface area contributed by atoms with Crippen molar-refractivity contribution in [3.63, 3.8) is 0 Å². The lowest BCUT2D eigenvalue weighted by atomic mass is 9.49. The van der Waals surface area contributed by atoms with Gasteiger partial charge in [-0.15, -0.1) is 0 Å². The van der Waals surface area contributed by atoms with Crippen LogP contribution in [0.15, 0.2) is 0 Å². The van der Waals surface area contributed by atoms with Crippen molar-refractivity contribution >= 4 is 5.91 Å². The maximum absolute atomic E-state index is 12.7. The largest absolute Gasteiger partial charge is 0.396 e. The quantitative estimate of drug-likeness (QED) is 0.735. The molecular weight excluding hydrogens is 250 g/mol. The van der Waals surface area contributed by atoms with Crippen LogP contribution in [0.3, 0.4) is 0 Å². The van der Waals surface area contributed by atoms with Gasteiger partial charge in [0.1, 0.15) is 0 Å². The average molecular weight is 279 g/mol. The molecule has 2 N–H and O–H groups in total. The van der Waals surface area contributed by atoms with E-state index in [4.69, 9.17) is 5.11 Å². The minimum absolute atomic E-state index is 0.00263. The number of hydrogen-bond donors (Lipinski definition) is 2. The molecule has 4 bridgehead atoms. The van der Waals surface area contributed by atoms with E-state index in [0.717, 1.165) is 56.4 Å². The number of nitrogens with one attached hydrogen (secondary N) is 1. The first-order chi connectivity index (χ1) is 9.61. The minimum Gasteiger partial charge on any atom is -0.396 e. The van der Waals surface area contributed by atoms with E-state index in [1.807, 2.05) is 0 Å². The van der Waals surface area contributed by atoms with Crippen LogP contribution >= 0.6 is 0 Å². The molecule has 0 aliphatic heterocycles. The topological polar surface area (TPSA) is 49.3 Å². The van der Waals surface area contributed by atoms with E-state index in [9.17, 15) is 4.79 Å². The van der Waals surface area contributed by atoms with Gasteiger partial charge in [-0.25, -0.2) is 0 Å². The summed E-state index contributed by atoms with van der Waals surface area (Å²) < 4.78 is 0. The normalized spacial score (nSPS) is 39.8. The Balaban J connectivity index is 1.50. The van der Waals surface area contributed by atoms with Gasteiger partial charge in [-0.1, -0.05) is 6.92 Å². The standard InChI is InChI=1S/C17H29NO2/c1-12(11-19)3-2-4-18-16(20)17-8-13-5-14(9-17)7-15(6-13)10-17/h12-15,19H,2-11H2,1H3,(H,18,20). The van der Waals surface area contributed by atoms with E-state index in [-0.39, 0.29) is 12.0 Å². The Morgan fingerprint density at radius 1 is 1.20 bits per heavy atom. The molecule has 1 amide bonds. The molecule has 4 aliphatic carbocycles. The Hall–Kier alpha value is -0.570. The highest BCUT2D eigenvalue weighted by atomic mass is 16.3. The van der Waals surface area contributed by atoms with Gasteiger partial charge in [0.2, 0.25) is 5.91 Å². The van der Waals surface area contributed by atoms with Crippen molar-refractivity contribution in [3.8, 4) is 0 Å². The van der Waals surface area contributed by atoms with E-state index in [1.54, 1.807) is 0 Å². The van der Waals surface area contributed by atoms with Crippen LogP contribution in [0.1, 0.15) is 58.3 Å². The Kier molecular flexibility index (Phi) is 4.07. The summed E-state index contributed by atoms with van der Waals surface area (Å²) in [4.78, 5) is 12.7. The first-order valence-electron chi connectivity index (χ1n) is 8.50.